The molecule has 2 aromatic rings. The minimum atomic E-state index is -0.0124. The van der Waals surface area contributed by atoms with E-state index in [4.69, 9.17) is 11.6 Å². The molecule has 5 heteroatoms. The first-order valence-electron chi connectivity index (χ1n) is 6.19. The van der Waals surface area contributed by atoms with Crippen molar-refractivity contribution in [3.63, 3.8) is 0 Å². The van der Waals surface area contributed by atoms with Crippen molar-refractivity contribution in [3.8, 4) is 0 Å². The lowest BCUT2D eigenvalue weighted by Gasteiger charge is -2.16. The van der Waals surface area contributed by atoms with Gasteiger partial charge in [-0.15, -0.1) is 0 Å². The Balaban J connectivity index is 2.15. The molecule has 0 bridgehead atoms. The number of aromatic nitrogens is 1. The SMILES string of the molecule is CN1C(=O)CC(c2ccncc2)=Nc2ccc(Cl)cc21. The van der Waals surface area contributed by atoms with Gasteiger partial charge in [-0.05, 0) is 35.9 Å². The van der Waals surface area contributed by atoms with E-state index in [0.29, 0.717) is 5.02 Å². The fourth-order valence-electron chi connectivity index (χ4n) is 2.15. The molecule has 0 aliphatic carbocycles. The number of rotatable bonds is 1. The standard InChI is InChI=1S/C15H12ClN3O/c1-19-14-8-11(16)2-3-12(14)18-13(9-15(19)20)10-4-6-17-7-5-10/h2-8H,9H2,1H3. The van der Waals surface area contributed by atoms with E-state index in [1.54, 1.807) is 36.5 Å². The molecule has 100 valence electrons. The Kier molecular flexibility index (Phi) is 3.24. The number of pyridine rings is 1. The molecule has 0 radical (unpaired) electrons. The van der Waals surface area contributed by atoms with Crippen LogP contribution in [-0.2, 0) is 4.79 Å². The summed E-state index contributed by atoms with van der Waals surface area (Å²) in [6, 6.07) is 9.07. The molecule has 20 heavy (non-hydrogen) atoms. The molecule has 0 unspecified atom stereocenters. The van der Waals surface area contributed by atoms with Gasteiger partial charge in [-0.1, -0.05) is 11.6 Å². The number of halogens is 1. The van der Waals surface area contributed by atoms with E-state index in [0.717, 1.165) is 22.6 Å². The minimum Gasteiger partial charge on any atom is -0.313 e. The Hall–Kier alpha value is -2.20. The zero-order chi connectivity index (χ0) is 14.1. The van der Waals surface area contributed by atoms with Crippen LogP contribution in [0.5, 0.6) is 0 Å². The number of amides is 1. The van der Waals surface area contributed by atoms with Gasteiger partial charge in [0, 0.05) is 24.5 Å². The highest BCUT2D eigenvalue weighted by atomic mass is 35.5. The number of carbonyl (C=O) groups excluding carboxylic acids is 1. The van der Waals surface area contributed by atoms with Gasteiger partial charge < -0.3 is 4.90 Å². The maximum Gasteiger partial charge on any atom is 0.232 e. The number of anilines is 1. The number of nitrogens with zero attached hydrogens (tertiary/aromatic N) is 3. The van der Waals surface area contributed by atoms with Crippen molar-refractivity contribution in [3.05, 3.63) is 53.3 Å². The number of carbonyl (C=O) groups is 1. The van der Waals surface area contributed by atoms with Crippen LogP contribution in [0.2, 0.25) is 5.02 Å². The molecular weight excluding hydrogens is 274 g/mol. The normalized spacial score (nSPS) is 14.6. The number of hydrogen-bond donors (Lipinski definition) is 0. The maximum absolute atomic E-state index is 12.3. The molecule has 4 nitrogen and oxygen atoms in total. The number of fused-ring (bicyclic) bond motifs is 1. The fourth-order valence-corrected chi connectivity index (χ4v) is 2.32. The summed E-state index contributed by atoms with van der Waals surface area (Å²) in [5.74, 6) is -0.0124. The van der Waals surface area contributed by atoms with E-state index >= 15 is 0 Å². The molecule has 1 aromatic heterocycles. The van der Waals surface area contributed by atoms with Crippen LogP contribution in [0.1, 0.15) is 12.0 Å². The summed E-state index contributed by atoms with van der Waals surface area (Å²) in [7, 11) is 1.74. The molecule has 1 aliphatic heterocycles. The second-order valence-corrected chi connectivity index (χ2v) is 4.99. The van der Waals surface area contributed by atoms with Crippen molar-refractivity contribution in [1.29, 1.82) is 0 Å². The highest BCUT2D eigenvalue weighted by Crippen LogP contribution is 2.34. The maximum atomic E-state index is 12.3. The van der Waals surface area contributed by atoms with E-state index in [1.165, 1.54) is 0 Å². The summed E-state index contributed by atoms with van der Waals surface area (Å²) < 4.78 is 0. The smallest absolute Gasteiger partial charge is 0.232 e. The third kappa shape index (κ3) is 2.30. The summed E-state index contributed by atoms with van der Waals surface area (Å²) >= 11 is 6.00. The van der Waals surface area contributed by atoms with E-state index in [2.05, 4.69) is 9.98 Å². The van der Waals surface area contributed by atoms with Gasteiger partial charge in [-0.3, -0.25) is 14.8 Å². The third-order valence-corrected chi connectivity index (χ3v) is 3.50. The van der Waals surface area contributed by atoms with Crippen molar-refractivity contribution in [1.82, 2.24) is 4.98 Å². The first kappa shape index (κ1) is 12.8. The van der Waals surface area contributed by atoms with Crippen molar-refractivity contribution in [2.24, 2.45) is 4.99 Å². The minimum absolute atomic E-state index is 0.0124. The van der Waals surface area contributed by atoms with E-state index in [1.807, 2.05) is 18.2 Å². The Morgan fingerprint density at radius 1 is 1.20 bits per heavy atom. The van der Waals surface area contributed by atoms with Crippen LogP contribution in [0, 0.1) is 0 Å². The van der Waals surface area contributed by atoms with E-state index in [9.17, 15) is 4.79 Å². The van der Waals surface area contributed by atoms with Crippen molar-refractivity contribution < 1.29 is 4.79 Å². The fraction of sp³-hybridized carbons (Fsp3) is 0.133. The zero-order valence-electron chi connectivity index (χ0n) is 10.9. The number of aliphatic imine (C=N–C) groups is 1. The zero-order valence-corrected chi connectivity index (χ0v) is 11.6. The molecule has 2 heterocycles. The molecule has 0 saturated heterocycles. The van der Waals surface area contributed by atoms with Gasteiger partial charge in [-0.2, -0.15) is 0 Å². The Bertz CT molecular complexity index is 698. The van der Waals surface area contributed by atoms with Crippen LogP contribution in [-0.4, -0.2) is 23.7 Å². The van der Waals surface area contributed by atoms with Gasteiger partial charge in [0.1, 0.15) is 0 Å². The van der Waals surface area contributed by atoms with E-state index < -0.39 is 0 Å². The average molecular weight is 286 g/mol. The van der Waals surface area contributed by atoms with Crippen molar-refractivity contribution in [2.75, 3.05) is 11.9 Å². The van der Waals surface area contributed by atoms with Crippen LogP contribution in [0.4, 0.5) is 11.4 Å². The summed E-state index contributed by atoms with van der Waals surface area (Å²) in [6.07, 6.45) is 3.65. The highest BCUT2D eigenvalue weighted by molar-refractivity contribution is 6.31. The summed E-state index contributed by atoms with van der Waals surface area (Å²) in [5.41, 5.74) is 3.12. The molecular formula is C15H12ClN3O. The second-order valence-electron chi connectivity index (χ2n) is 4.56. The first-order valence-corrected chi connectivity index (χ1v) is 6.57. The largest absolute Gasteiger partial charge is 0.313 e. The molecule has 0 fully saturated rings. The van der Waals surface area contributed by atoms with Gasteiger partial charge in [0.2, 0.25) is 5.91 Å². The molecule has 1 aromatic carbocycles. The lowest BCUT2D eigenvalue weighted by Crippen LogP contribution is -2.27. The summed E-state index contributed by atoms with van der Waals surface area (Å²) in [4.78, 5) is 22.5. The van der Waals surface area contributed by atoms with Crippen LogP contribution in [0.25, 0.3) is 0 Å². The van der Waals surface area contributed by atoms with Crippen LogP contribution in [0.3, 0.4) is 0 Å². The quantitative estimate of drug-likeness (QED) is 0.807. The van der Waals surface area contributed by atoms with Gasteiger partial charge in [0.05, 0.1) is 23.5 Å². The molecule has 3 rings (SSSR count). The second kappa shape index (κ2) is 5.06. The average Bonchev–Trinajstić information content (AvgIpc) is 2.59. The van der Waals surface area contributed by atoms with Crippen molar-refractivity contribution in [2.45, 2.75) is 6.42 Å². The van der Waals surface area contributed by atoms with Crippen molar-refractivity contribution >= 4 is 34.6 Å². The predicted molar refractivity (Wildman–Crippen MR) is 79.9 cm³/mol. The molecule has 1 amide bonds. The van der Waals surface area contributed by atoms with Gasteiger partial charge in [0.15, 0.2) is 0 Å². The van der Waals surface area contributed by atoms with Crippen LogP contribution >= 0.6 is 11.6 Å². The molecule has 1 aliphatic rings. The Labute approximate surface area is 121 Å². The number of hydrogen-bond acceptors (Lipinski definition) is 3. The number of benzene rings is 1. The monoisotopic (exact) mass is 285 g/mol. The molecule has 0 atom stereocenters. The topological polar surface area (TPSA) is 45.6 Å². The van der Waals surface area contributed by atoms with E-state index in [-0.39, 0.29) is 12.3 Å². The molecule has 0 saturated carbocycles. The summed E-state index contributed by atoms with van der Waals surface area (Å²) in [5, 5.41) is 0.589. The Morgan fingerprint density at radius 2 is 1.95 bits per heavy atom. The van der Waals surface area contributed by atoms with Gasteiger partial charge in [0.25, 0.3) is 0 Å². The third-order valence-electron chi connectivity index (χ3n) is 3.26. The predicted octanol–water partition coefficient (Wildman–Crippen LogP) is 3.22. The molecule has 0 N–H and O–H groups in total. The molecule has 0 spiro atoms. The first-order chi connectivity index (χ1) is 9.65. The lowest BCUT2D eigenvalue weighted by molar-refractivity contribution is -0.117. The van der Waals surface area contributed by atoms with Crippen LogP contribution in [0.15, 0.2) is 47.7 Å². The highest BCUT2D eigenvalue weighted by Gasteiger charge is 2.22. The van der Waals surface area contributed by atoms with Gasteiger partial charge in [-0.25, -0.2) is 0 Å². The van der Waals surface area contributed by atoms with Crippen LogP contribution < -0.4 is 4.90 Å². The Morgan fingerprint density at radius 3 is 2.70 bits per heavy atom. The lowest BCUT2D eigenvalue weighted by atomic mass is 10.1. The summed E-state index contributed by atoms with van der Waals surface area (Å²) in [6.45, 7) is 0. The van der Waals surface area contributed by atoms with Gasteiger partial charge >= 0.3 is 0 Å².